The molecule has 2 aliphatic rings. The number of fused-ring (bicyclic) bond motifs is 1. The quantitative estimate of drug-likeness (QED) is 0.764. The van der Waals surface area contributed by atoms with Crippen LogP contribution in [0.1, 0.15) is 28.8 Å². The molecule has 0 spiro atoms. The normalized spacial score (nSPS) is 17.3. The molecular weight excluding hydrogens is 400 g/mol. The zero-order valence-corrected chi connectivity index (χ0v) is 17.9. The zero-order chi connectivity index (χ0) is 22.0. The molecule has 8 nitrogen and oxygen atoms in total. The number of rotatable bonds is 6. The Labute approximate surface area is 181 Å². The molecule has 2 aliphatic heterocycles. The van der Waals surface area contributed by atoms with Crippen LogP contribution in [0.15, 0.2) is 30.3 Å². The van der Waals surface area contributed by atoms with E-state index in [2.05, 4.69) is 5.32 Å². The van der Waals surface area contributed by atoms with Gasteiger partial charge in [0, 0.05) is 24.5 Å². The van der Waals surface area contributed by atoms with Gasteiger partial charge in [-0.15, -0.1) is 0 Å². The summed E-state index contributed by atoms with van der Waals surface area (Å²) in [7, 11) is 4.48. The maximum Gasteiger partial charge on any atom is 0.259 e. The van der Waals surface area contributed by atoms with E-state index in [1.165, 1.54) is 21.3 Å². The summed E-state index contributed by atoms with van der Waals surface area (Å²) in [5.41, 5.74) is 2.80. The van der Waals surface area contributed by atoms with Crippen LogP contribution in [0.25, 0.3) is 0 Å². The summed E-state index contributed by atoms with van der Waals surface area (Å²) in [4.78, 5) is 27.6. The molecule has 0 aromatic heterocycles. The first kappa shape index (κ1) is 21.0. The lowest BCUT2D eigenvalue weighted by Crippen LogP contribution is -2.37. The average Bonchev–Trinajstić information content (AvgIpc) is 3.47. The molecule has 0 aliphatic carbocycles. The number of carbonyl (C=O) groups is 2. The van der Waals surface area contributed by atoms with E-state index in [-0.39, 0.29) is 23.7 Å². The summed E-state index contributed by atoms with van der Waals surface area (Å²) in [6, 6.07) is 8.89. The highest BCUT2D eigenvalue weighted by Crippen LogP contribution is 2.40. The SMILES string of the molecule is COc1ccc(C(=O)Nc2ccc3c(c2)N(C(=O)C2CCCO2)CC3)c(OC)c1OC. The second kappa shape index (κ2) is 8.85. The molecule has 2 aromatic rings. The Morgan fingerprint density at radius 1 is 1.06 bits per heavy atom. The van der Waals surface area contributed by atoms with Gasteiger partial charge in [0.05, 0.1) is 26.9 Å². The van der Waals surface area contributed by atoms with Crippen LogP contribution in [0.2, 0.25) is 0 Å². The van der Waals surface area contributed by atoms with E-state index in [0.29, 0.717) is 35.9 Å². The maximum atomic E-state index is 13.0. The van der Waals surface area contributed by atoms with Crippen molar-refractivity contribution in [2.75, 3.05) is 44.7 Å². The van der Waals surface area contributed by atoms with Crippen LogP contribution in [-0.4, -0.2) is 52.4 Å². The van der Waals surface area contributed by atoms with Gasteiger partial charge in [-0.1, -0.05) is 6.07 Å². The molecule has 1 fully saturated rings. The molecule has 1 saturated heterocycles. The van der Waals surface area contributed by atoms with Crippen molar-refractivity contribution >= 4 is 23.2 Å². The first-order valence-electron chi connectivity index (χ1n) is 10.2. The molecule has 0 radical (unpaired) electrons. The predicted molar refractivity (Wildman–Crippen MR) is 116 cm³/mol. The molecule has 2 heterocycles. The van der Waals surface area contributed by atoms with Gasteiger partial charge in [-0.3, -0.25) is 9.59 Å². The van der Waals surface area contributed by atoms with E-state index in [1.54, 1.807) is 17.0 Å². The number of hydrogen-bond acceptors (Lipinski definition) is 6. The number of amides is 2. The number of benzene rings is 2. The van der Waals surface area contributed by atoms with Crippen molar-refractivity contribution in [2.45, 2.75) is 25.4 Å². The number of methoxy groups -OCH3 is 3. The highest BCUT2D eigenvalue weighted by Gasteiger charge is 2.33. The molecule has 0 bridgehead atoms. The first-order chi connectivity index (χ1) is 15.1. The van der Waals surface area contributed by atoms with Gasteiger partial charge >= 0.3 is 0 Å². The molecule has 1 N–H and O–H groups in total. The minimum atomic E-state index is -0.375. The van der Waals surface area contributed by atoms with Crippen molar-refractivity contribution < 1.29 is 28.5 Å². The van der Waals surface area contributed by atoms with Gasteiger partial charge in [-0.25, -0.2) is 0 Å². The second-order valence-corrected chi connectivity index (χ2v) is 7.42. The molecular formula is C23H26N2O6. The number of carbonyl (C=O) groups excluding carboxylic acids is 2. The fourth-order valence-electron chi connectivity index (χ4n) is 4.11. The third-order valence-corrected chi connectivity index (χ3v) is 5.66. The molecule has 2 amide bonds. The van der Waals surface area contributed by atoms with Gasteiger partial charge in [0.1, 0.15) is 6.10 Å². The maximum absolute atomic E-state index is 13.0. The average molecular weight is 426 g/mol. The largest absolute Gasteiger partial charge is 0.493 e. The smallest absolute Gasteiger partial charge is 0.259 e. The van der Waals surface area contributed by atoms with Crippen molar-refractivity contribution in [1.29, 1.82) is 0 Å². The van der Waals surface area contributed by atoms with Gasteiger partial charge in [-0.05, 0) is 49.1 Å². The minimum Gasteiger partial charge on any atom is -0.493 e. The number of nitrogens with zero attached hydrogens (tertiary/aromatic N) is 1. The molecule has 1 unspecified atom stereocenters. The lowest BCUT2D eigenvalue weighted by atomic mass is 10.1. The number of ether oxygens (including phenoxy) is 4. The van der Waals surface area contributed by atoms with Crippen LogP contribution in [0.4, 0.5) is 11.4 Å². The van der Waals surface area contributed by atoms with Crippen LogP contribution < -0.4 is 24.4 Å². The minimum absolute atomic E-state index is 0.0127. The van der Waals surface area contributed by atoms with Crippen LogP contribution >= 0.6 is 0 Å². The summed E-state index contributed by atoms with van der Waals surface area (Å²) < 4.78 is 21.6. The monoisotopic (exact) mass is 426 g/mol. The van der Waals surface area contributed by atoms with E-state index in [4.69, 9.17) is 18.9 Å². The van der Waals surface area contributed by atoms with Gasteiger partial charge in [0.25, 0.3) is 11.8 Å². The fourth-order valence-corrected chi connectivity index (χ4v) is 4.11. The van der Waals surface area contributed by atoms with E-state index >= 15 is 0 Å². The Balaban J connectivity index is 1.58. The van der Waals surface area contributed by atoms with E-state index in [1.807, 2.05) is 18.2 Å². The topological polar surface area (TPSA) is 86.3 Å². The predicted octanol–water partition coefficient (Wildman–Crippen LogP) is 3.03. The van der Waals surface area contributed by atoms with E-state index < -0.39 is 0 Å². The molecule has 164 valence electrons. The highest BCUT2D eigenvalue weighted by molar-refractivity contribution is 6.07. The Morgan fingerprint density at radius 2 is 1.87 bits per heavy atom. The van der Waals surface area contributed by atoms with Gasteiger partial charge in [0.2, 0.25) is 5.75 Å². The molecule has 8 heteroatoms. The molecule has 0 saturated carbocycles. The van der Waals surface area contributed by atoms with Gasteiger partial charge < -0.3 is 29.2 Å². The van der Waals surface area contributed by atoms with Crippen molar-refractivity contribution in [3.8, 4) is 17.2 Å². The van der Waals surface area contributed by atoms with E-state index in [9.17, 15) is 9.59 Å². The van der Waals surface area contributed by atoms with Crippen molar-refractivity contribution in [3.05, 3.63) is 41.5 Å². The van der Waals surface area contributed by atoms with Crippen molar-refractivity contribution in [3.63, 3.8) is 0 Å². The summed E-state index contributed by atoms with van der Waals surface area (Å²) >= 11 is 0. The third-order valence-electron chi connectivity index (χ3n) is 5.66. The Bertz CT molecular complexity index is 1000. The lowest BCUT2D eigenvalue weighted by Gasteiger charge is -2.21. The highest BCUT2D eigenvalue weighted by atomic mass is 16.5. The Kier molecular flexibility index (Phi) is 5.99. The van der Waals surface area contributed by atoms with Gasteiger partial charge in [-0.2, -0.15) is 0 Å². The van der Waals surface area contributed by atoms with Crippen molar-refractivity contribution in [2.24, 2.45) is 0 Å². The molecule has 31 heavy (non-hydrogen) atoms. The second-order valence-electron chi connectivity index (χ2n) is 7.42. The zero-order valence-electron chi connectivity index (χ0n) is 17.9. The van der Waals surface area contributed by atoms with Crippen LogP contribution in [0.5, 0.6) is 17.2 Å². The van der Waals surface area contributed by atoms with Crippen molar-refractivity contribution in [1.82, 2.24) is 0 Å². The summed E-state index contributed by atoms with van der Waals surface area (Å²) in [5, 5.41) is 2.90. The summed E-state index contributed by atoms with van der Waals surface area (Å²) in [6.45, 7) is 1.25. The fraction of sp³-hybridized carbons (Fsp3) is 0.391. The Morgan fingerprint density at radius 3 is 2.55 bits per heavy atom. The number of hydrogen-bond donors (Lipinski definition) is 1. The van der Waals surface area contributed by atoms with Gasteiger partial charge in [0.15, 0.2) is 11.5 Å². The first-order valence-corrected chi connectivity index (χ1v) is 10.2. The van der Waals surface area contributed by atoms with Crippen LogP contribution in [0, 0.1) is 0 Å². The summed E-state index contributed by atoms with van der Waals surface area (Å²) in [6.07, 6.45) is 2.06. The Hall–Kier alpha value is -3.26. The lowest BCUT2D eigenvalue weighted by molar-refractivity contribution is -0.127. The molecule has 2 aromatic carbocycles. The third kappa shape index (κ3) is 3.90. The molecule has 4 rings (SSSR count). The summed E-state index contributed by atoms with van der Waals surface area (Å²) in [5.74, 6) is 0.737. The number of anilines is 2. The van der Waals surface area contributed by atoms with Crippen LogP contribution in [-0.2, 0) is 16.0 Å². The molecule has 1 atom stereocenters. The van der Waals surface area contributed by atoms with Crippen LogP contribution in [0.3, 0.4) is 0 Å². The number of nitrogens with one attached hydrogen (secondary N) is 1. The van der Waals surface area contributed by atoms with E-state index in [0.717, 1.165) is 30.5 Å². The standard InChI is InChI=1S/C23H26N2O6/c1-28-18-9-8-16(20(29-2)21(18)30-3)22(26)24-15-7-6-14-10-11-25(17(14)13-15)23(27)19-5-4-12-31-19/h6-9,13,19H,4-5,10-12H2,1-3H3,(H,24,26).